The number of rotatable bonds is 5. The molecule has 0 aliphatic carbocycles. The van der Waals surface area contributed by atoms with E-state index in [-0.39, 0.29) is 6.04 Å². The topological polar surface area (TPSA) is 68.2 Å². The van der Waals surface area contributed by atoms with Crippen molar-refractivity contribution in [1.29, 1.82) is 0 Å². The van der Waals surface area contributed by atoms with Crippen molar-refractivity contribution in [3.8, 4) is 17.2 Å². The molecule has 3 heterocycles. The van der Waals surface area contributed by atoms with Gasteiger partial charge in [0, 0.05) is 37.1 Å². The smallest absolute Gasteiger partial charge is 0.163 e. The normalized spacial score (nSPS) is 18.8. The van der Waals surface area contributed by atoms with E-state index in [9.17, 15) is 0 Å². The van der Waals surface area contributed by atoms with Crippen molar-refractivity contribution >= 4 is 16.7 Å². The molecule has 7 heteroatoms. The van der Waals surface area contributed by atoms with E-state index in [1.54, 1.807) is 20.4 Å². The molecule has 7 nitrogen and oxygen atoms in total. The van der Waals surface area contributed by atoms with Gasteiger partial charge in [0.05, 0.1) is 42.7 Å². The lowest BCUT2D eigenvalue weighted by Crippen LogP contribution is -2.26. The molecule has 4 aromatic rings. The summed E-state index contributed by atoms with van der Waals surface area (Å²) in [7, 11) is 3.28. The van der Waals surface area contributed by atoms with Crippen LogP contribution in [0.3, 0.4) is 0 Å². The molecule has 1 aliphatic rings. The van der Waals surface area contributed by atoms with Crippen molar-refractivity contribution < 1.29 is 9.47 Å². The Balaban J connectivity index is 1.59. The number of hydrogen-bond acceptors (Lipinski definition) is 5. The third kappa shape index (κ3) is 2.98. The molecule has 2 atom stereocenters. The number of H-pyrrole nitrogens is 1. The van der Waals surface area contributed by atoms with Crippen LogP contribution in [-0.4, -0.2) is 40.5 Å². The van der Waals surface area contributed by atoms with Gasteiger partial charge in [-0.15, -0.1) is 0 Å². The number of ether oxygens (including phenoxy) is 2. The van der Waals surface area contributed by atoms with Crippen LogP contribution >= 0.6 is 0 Å². The monoisotopic (exact) mass is 402 g/mol. The van der Waals surface area contributed by atoms with Crippen LogP contribution in [0.2, 0.25) is 0 Å². The fourth-order valence-electron chi connectivity index (χ4n) is 4.37. The molecule has 1 N–H and O–H groups in total. The Labute approximate surface area is 175 Å². The number of methoxy groups -OCH3 is 2. The second kappa shape index (κ2) is 7.40. The van der Waals surface area contributed by atoms with E-state index in [0.29, 0.717) is 17.4 Å². The number of para-hydroxylation sites is 1. The Morgan fingerprint density at radius 1 is 1.17 bits per heavy atom. The zero-order valence-electron chi connectivity index (χ0n) is 17.3. The van der Waals surface area contributed by atoms with E-state index >= 15 is 0 Å². The Morgan fingerprint density at radius 2 is 2.00 bits per heavy atom. The molecule has 0 saturated carbocycles. The highest BCUT2D eigenvalue weighted by Gasteiger charge is 2.36. The second-order valence-corrected chi connectivity index (χ2v) is 7.61. The van der Waals surface area contributed by atoms with Crippen LogP contribution in [0.5, 0.6) is 11.5 Å². The summed E-state index contributed by atoms with van der Waals surface area (Å²) in [4.78, 5) is 10.9. The first-order valence-corrected chi connectivity index (χ1v) is 10.1. The number of aromatic nitrogens is 4. The minimum Gasteiger partial charge on any atom is -0.493 e. The molecule has 1 radical (unpaired) electrons. The summed E-state index contributed by atoms with van der Waals surface area (Å²) in [5.41, 5.74) is 3.86. The van der Waals surface area contributed by atoms with Gasteiger partial charge in [-0.1, -0.05) is 19.1 Å². The molecule has 1 aliphatic heterocycles. The maximum atomic E-state index is 5.45. The molecular formula is C23H24N5O2. The van der Waals surface area contributed by atoms with Crippen LogP contribution in [0.15, 0.2) is 48.8 Å². The molecule has 5 rings (SSSR count). The highest BCUT2D eigenvalue weighted by Crippen LogP contribution is 2.42. The highest BCUT2D eigenvalue weighted by molar-refractivity contribution is 5.80. The SMILES string of the molecule is COc1cc2nc([C@@H]3[C@@H](C)CCN3c3ccc[c]c3-n3cccn3)[nH]c2cc1OC. The van der Waals surface area contributed by atoms with Crippen LogP contribution in [0.25, 0.3) is 16.7 Å². The molecule has 0 amide bonds. The Morgan fingerprint density at radius 3 is 2.77 bits per heavy atom. The Kier molecular flexibility index (Phi) is 4.58. The van der Waals surface area contributed by atoms with Crippen molar-refractivity contribution in [2.24, 2.45) is 5.92 Å². The zero-order chi connectivity index (χ0) is 20.7. The number of hydrogen-bond donors (Lipinski definition) is 1. The van der Waals surface area contributed by atoms with Gasteiger partial charge in [0.15, 0.2) is 11.5 Å². The van der Waals surface area contributed by atoms with Gasteiger partial charge in [0.2, 0.25) is 0 Å². The first-order chi connectivity index (χ1) is 14.7. The summed E-state index contributed by atoms with van der Waals surface area (Å²) in [6.45, 7) is 3.22. The average Bonchev–Trinajstić information content (AvgIpc) is 3.51. The van der Waals surface area contributed by atoms with Gasteiger partial charge in [-0.05, 0) is 24.5 Å². The largest absolute Gasteiger partial charge is 0.493 e. The summed E-state index contributed by atoms with van der Waals surface area (Å²) in [5, 5.41) is 4.42. The standard InChI is InChI=1S/C23H24N5O2/c1-15-9-12-27(18-7-4-5-8-19(18)28-11-6-10-24-28)22(15)23-25-16-13-20(29-2)21(30-3)14-17(16)26-23/h4-7,10-11,13-15,22H,9,12H2,1-3H3,(H,25,26)/t15-,22-/m0/s1. The molecule has 2 aromatic heterocycles. The van der Waals surface area contributed by atoms with Crippen LogP contribution < -0.4 is 14.4 Å². The maximum absolute atomic E-state index is 5.45. The van der Waals surface area contributed by atoms with E-state index in [4.69, 9.17) is 14.5 Å². The molecule has 1 fully saturated rings. The first kappa shape index (κ1) is 18.5. The van der Waals surface area contributed by atoms with Crippen molar-refractivity contribution in [2.75, 3.05) is 25.7 Å². The third-order valence-corrected chi connectivity index (χ3v) is 5.84. The molecule has 30 heavy (non-hydrogen) atoms. The van der Waals surface area contributed by atoms with E-state index in [2.05, 4.69) is 34.0 Å². The quantitative estimate of drug-likeness (QED) is 0.543. The number of nitrogens with one attached hydrogen (secondary N) is 1. The molecule has 0 spiro atoms. The average molecular weight is 402 g/mol. The van der Waals surface area contributed by atoms with Gasteiger partial charge in [-0.3, -0.25) is 0 Å². The molecule has 2 aromatic carbocycles. The maximum Gasteiger partial charge on any atom is 0.163 e. The van der Waals surface area contributed by atoms with Crippen LogP contribution in [0.1, 0.15) is 25.2 Å². The number of aromatic amines is 1. The lowest BCUT2D eigenvalue weighted by Gasteiger charge is -2.29. The lowest BCUT2D eigenvalue weighted by atomic mass is 10.0. The number of fused-ring (bicyclic) bond motifs is 1. The Hall–Kier alpha value is -3.48. The van der Waals surface area contributed by atoms with Crippen LogP contribution in [-0.2, 0) is 0 Å². The third-order valence-electron chi connectivity index (χ3n) is 5.84. The predicted octanol–water partition coefficient (Wildman–Crippen LogP) is 4.15. The predicted molar refractivity (Wildman–Crippen MR) is 115 cm³/mol. The summed E-state index contributed by atoms with van der Waals surface area (Å²) >= 11 is 0. The number of benzene rings is 2. The fourth-order valence-corrected chi connectivity index (χ4v) is 4.37. The zero-order valence-corrected chi connectivity index (χ0v) is 17.3. The molecule has 0 bridgehead atoms. The molecule has 153 valence electrons. The van der Waals surface area contributed by atoms with Crippen molar-refractivity contribution in [1.82, 2.24) is 19.7 Å². The summed E-state index contributed by atoms with van der Waals surface area (Å²) in [6.07, 6.45) is 4.82. The summed E-state index contributed by atoms with van der Waals surface area (Å²) in [5.74, 6) is 2.76. The van der Waals surface area contributed by atoms with Crippen molar-refractivity contribution in [2.45, 2.75) is 19.4 Å². The van der Waals surface area contributed by atoms with E-state index in [1.807, 2.05) is 41.2 Å². The number of anilines is 1. The molecular weight excluding hydrogens is 378 g/mol. The Bertz CT molecular complexity index is 1130. The number of nitrogens with zero attached hydrogens (tertiary/aromatic N) is 4. The molecule has 0 unspecified atom stereocenters. The summed E-state index contributed by atoms with van der Waals surface area (Å²) < 4.78 is 12.8. The highest BCUT2D eigenvalue weighted by atomic mass is 16.5. The lowest BCUT2D eigenvalue weighted by molar-refractivity contribution is 0.356. The van der Waals surface area contributed by atoms with Gasteiger partial charge < -0.3 is 19.4 Å². The minimum atomic E-state index is 0.125. The van der Waals surface area contributed by atoms with Crippen LogP contribution in [0.4, 0.5) is 5.69 Å². The summed E-state index contributed by atoms with van der Waals surface area (Å²) in [6, 6.07) is 15.4. The molecule has 1 saturated heterocycles. The minimum absolute atomic E-state index is 0.125. The number of imidazole rings is 1. The van der Waals surface area contributed by atoms with Gasteiger partial charge in [0.1, 0.15) is 5.82 Å². The first-order valence-electron chi connectivity index (χ1n) is 10.1. The van der Waals surface area contributed by atoms with E-state index in [0.717, 1.165) is 41.2 Å². The fraction of sp³-hybridized carbons (Fsp3) is 0.304. The second-order valence-electron chi connectivity index (χ2n) is 7.61. The van der Waals surface area contributed by atoms with E-state index < -0.39 is 0 Å². The van der Waals surface area contributed by atoms with Gasteiger partial charge in [-0.25, -0.2) is 9.67 Å². The van der Waals surface area contributed by atoms with Crippen molar-refractivity contribution in [3.63, 3.8) is 0 Å². The van der Waals surface area contributed by atoms with Crippen LogP contribution in [0, 0.1) is 12.0 Å². The van der Waals surface area contributed by atoms with Crippen molar-refractivity contribution in [3.05, 3.63) is 60.7 Å². The van der Waals surface area contributed by atoms with Gasteiger partial charge >= 0.3 is 0 Å². The van der Waals surface area contributed by atoms with Gasteiger partial charge in [0.25, 0.3) is 0 Å². The van der Waals surface area contributed by atoms with E-state index in [1.165, 1.54) is 0 Å². The van der Waals surface area contributed by atoms with Gasteiger partial charge in [-0.2, -0.15) is 5.10 Å².